The minimum absolute atomic E-state index is 0.694. The summed E-state index contributed by atoms with van der Waals surface area (Å²) < 4.78 is 12.7. The van der Waals surface area contributed by atoms with Crippen molar-refractivity contribution < 1.29 is 9.47 Å². The average molecular weight is 374 g/mol. The number of hydrogen-bond acceptors (Lipinski definition) is 5. The molecule has 1 N–H and O–H groups in total. The number of rotatable bonds is 10. The van der Waals surface area contributed by atoms with Crippen LogP contribution in [0.15, 0.2) is 35.8 Å². The van der Waals surface area contributed by atoms with Crippen LogP contribution in [0.1, 0.15) is 25.3 Å². The number of benzene rings is 1. The van der Waals surface area contributed by atoms with Crippen LogP contribution in [0.4, 0.5) is 0 Å². The Labute approximate surface area is 161 Å². The molecule has 27 heavy (non-hydrogen) atoms. The maximum Gasteiger partial charge on any atom is 0.193 e. The predicted octanol–water partition coefficient (Wildman–Crippen LogP) is 2.17. The Morgan fingerprint density at radius 1 is 1.19 bits per heavy atom. The molecule has 0 fully saturated rings. The molecular weight excluding hydrogens is 344 g/mol. The lowest BCUT2D eigenvalue weighted by Crippen LogP contribution is -2.38. The van der Waals surface area contributed by atoms with Gasteiger partial charge in [-0.25, -0.2) is 0 Å². The molecule has 0 saturated carbocycles. The minimum Gasteiger partial charge on any atom is -0.497 e. The van der Waals surface area contributed by atoms with E-state index in [0.29, 0.717) is 6.54 Å². The summed E-state index contributed by atoms with van der Waals surface area (Å²) in [6.45, 7) is 5.28. The molecule has 148 valence electrons. The number of nitrogens with one attached hydrogen (secondary N) is 1. The highest BCUT2D eigenvalue weighted by Gasteiger charge is 2.11. The van der Waals surface area contributed by atoms with Gasteiger partial charge in [-0.3, -0.25) is 4.99 Å². The van der Waals surface area contributed by atoms with Crippen molar-refractivity contribution in [1.29, 1.82) is 0 Å². The lowest BCUT2D eigenvalue weighted by atomic mass is 10.2. The lowest BCUT2D eigenvalue weighted by molar-refractivity contribution is 0.382. The molecule has 1 aromatic carbocycles. The fraction of sp³-hybridized carbons (Fsp3) is 0.526. The first-order chi connectivity index (χ1) is 13.2. The highest BCUT2D eigenvalue weighted by atomic mass is 16.5. The van der Waals surface area contributed by atoms with Gasteiger partial charge >= 0.3 is 0 Å². The largest absolute Gasteiger partial charge is 0.497 e. The molecule has 0 aliphatic carbocycles. The number of aryl methyl sites for hydroxylation is 1. The molecule has 2 rings (SSSR count). The monoisotopic (exact) mass is 374 g/mol. The SMILES string of the molecule is CCNC(=NCCCCn1cnnc1)N(C)Cc1ccc(OC)cc1OC. The highest BCUT2D eigenvalue weighted by molar-refractivity contribution is 5.79. The van der Waals surface area contributed by atoms with Crippen LogP contribution in [0, 0.1) is 0 Å². The summed E-state index contributed by atoms with van der Waals surface area (Å²) in [6.07, 6.45) is 5.52. The third kappa shape index (κ3) is 6.47. The fourth-order valence-corrected chi connectivity index (χ4v) is 2.71. The molecule has 1 aromatic heterocycles. The smallest absolute Gasteiger partial charge is 0.193 e. The maximum atomic E-state index is 5.50. The summed E-state index contributed by atoms with van der Waals surface area (Å²) in [7, 11) is 5.36. The average Bonchev–Trinajstić information content (AvgIpc) is 3.20. The third-order valence-electron chi connectivity index (χ3n) is 4.15. The Kier molecular flexibility index (Phi) is 8.41. The molecule has 0 bridgehead atoms. The van der Waals surface area contributed by atoms with E-state index in [1.807, 2.05) is 29.8 Å². The second-order valence-corrected chi connectivity index (χ2v) is 6.18. The molecule has 1 heterocycles. The van der Waals surface area contributed by atoms with E-state index < -0.39 is 0 Å². The zero-order chi connectivity index (χ0) is 19.5. The van der Waals surface area contributed by atoms with Crippen molar-refractivity contribution in [3.05, 3.63) is 36.4 Å². The van der Waals surface area contributed by atoms with E-state index in [-0.39, 0.29) is 0 Å². The number of unbranched alkanes of at least 4 members (excludes halogenated alkanes) is 1. The standard InChI is InChI=1S/C19H30N6O2/c1-5-20-19(21-10-6-7-11-25-14-22-23-15-25)24(2)13-16-8-9-17(26-3)12-18(16)27-4/h8-9,12,14-15H,5-7,10-11,13H2,1-4H3,(H,20,21). The number of aromatic nitrogens is 3. The van der Waals surface area contributed by atoms with Gasteiger partial charge < -0.3 is 24.3 Å². The van der Waals surface area contributed by atoms with Crippen LogP contribution in [0.25, 0.3) is 0 Å². The number of ether oxygens (including phenoxy) is 2. The Morgan fingerprint density at radius 3 is 2.63 bits per heavy atom. The van der Waals surface area contributed by atoms with E-state index in [2.05, 4.69) is 27.3 Å². The molecule has 0 unspecified atom stereocenters. The second kappa shape index (κ2) is 11.1. The molecular formula is C19H30N6O2. The second-order valence-electron chi connectivity index (χ2n) is 6.18. The molecule has 2 aromatic rings. The van der Waals surface area contributed by atoms with Crippen LogP contribution in [0.5, 0.6) is 11.5 Å². The normalized spacial score (nSPS) is 11.3. The van der Waals surface area contributed by atoms with Crippen molar-refractivity contribution in [3.63, 3.8) is 0 Å². The molecule has 0 aliphatic rings. The van der Waals surface area contributed by atoms with E-state index >= 15 is 0 Å². The van der Waals surface area contributed by atoms with E-state index in [4.69, 9.17) is 14.5 Å². The number of methoxy groups -OCH3 is 2. The number of nitrogens with zero attached hydrogens (tertiary/aromatic N) is 5. The van der Waals surface area contributed by atoms with Gasteiger partial charge in [0.25, 0.3) is 0 Å². The van der Waals surface area contributed by atoms with Gasteiger partial charge in [-0.1, -0.05) is 0 Å². The molecule has 8 heteroatoms. The summed E-state index contributed by atoms with van der Waals surface area (Å²) in [5.74, 6) is 2.48. The van der Waals surface area contributed by atoms with Gasteiger partial charge in [0.2, 0.25) is 0 Å². The van der Waals surface area contributed by atoms with Crippen molar-refractivity contribution in [1.82, 2.24) is 25.0 Å². The first-order valence-electron chi connectivity index (χ1n) is 9.20. The van der Waals surface area contributed by atoms with Crippen molar-refractivity contribution in [2.45, 2.75) is 32.9 Å². The van der Waals surface area contributed by atoms with Crippen molar-refractivity contribution in [2.75, 3.05) is 34.4 Å². The Bertz CT molecular complexity index is 702. The van der Waals surface area contributed by atoms with Gasteiger partial charge in [0.15, 0.2) is 5.96 Å². The van der Waals surface area contributed by atoms with Crippen molar-refractivity contribution >= 4 is 5.96 Å². The van der Waals surface area contributed by atoms with Gasteiger partial charge in [0.1, 0.15) is 24.2 Å². The Morgan fingerprint density at radius 2 is 1.96 bits per heavy atom. The van der Waals surface area contributed by atoms with Crippen LogP contribution in [-0.4, -0.2) is 60.0 Å². The van der Waals surface area contributed by atoms with Gasteiger partial charge in [-0.2, -0.15) is 0 Å². The minimum atomic E-state index is 0.694. The van der Waals surface area contributed by atoms with E-state index in [9.17, 15) is 0 Å². The summed E-state index contributed by atoms with van der Waals surface area (Å²) in [5, 5.41) is 11.0. The third-order valence-corrected chi connectivity index (χ3v) is 4.15. The van der Waals surface area contributed by atoms with Gasteiger partial charge in [-0.15, -0.1) is 10.2 Å². The van der Waals surface area contributed by atoms with Crippen LogP contribution in [0.2, 0.25) is 0 Å². The first kappa shape index (κ1) is 20.5. The highest BCUT2D eigenvalue weighted by Crippen LogP contribution is 2.25. The quantitative estimate of drug-likeness (QED) is 0.390. The van der Waals surface area contributed by atoms with Gasteiger partial charge in [0.05, 0.1) is 14.2 Å². The Balaban J connectivity index is 1.92. The summed E-state index contributed by atoms with van der Waals surface area (Å²) in [6, 6.07) is 5.87. The molecule has 0 atom stereocenters. The van der Waals surface area contributed by atoms with Crippen LogP contribution < -0.4 is 14.8 Å². The number of aliphatic imine (C=N–C) groups is 1. The summed E-state index contributed by atoms with van der Waals surface area (Å²) in [5.41, 5.74) is 1.08. The first-order valence-corrected chi connectivity index (χ1v) is 9.20. The van der Waals surface area contributed by atoms with Crippen molar-refractivity contribution in [3.8, 4) is 11.5 Å². The molecule has 8 nitrogen and oxygen atoms in total. The van der Waals surface area contributed by atoms with Gasteiger partial charge in [0, 0.05) is 44.9 Å². The van der Waals surface area contributed by atoms with E-state index in [1.54, 1.807) is 26.9 Å². The summed E-state index contributed by atoms with van der Waals surface area (Å²) >= 11 is 0. The predicted molar refractivity (Wildman–Crippen MR) is 106 cm³/mol. The number of hydrogen-bond donors (Lipinski definition) is 1. The fourth-order valence-electron chi connectivity index (χ4n) is 2.71. The number of guanidine groups is 1. The van der Waals surface area contributed by atoms with Crippen LogP contribution in [0.3, 0.4) is 0 Å². The topological polar surface area (TPSA) is 76.8 Å². The van der Waals surface area contributed by atoms with Crippen LogP contribution >= 0.6 is 0 Å². The molecule has 0 radical (unpaired) electrons. The zero-order valence-corrected chi connectivity index (χ0v) is 16.7. The van der Waals surface area contributed by atoms with E-state index in [0.717, 1.165) is 55.5 Å². The maximum absolute atomic E-state index is 5.50. The van der Waals surface area contributed by atoms with Gasteiger partial charge in [-0.05, 0) is 31.9 Å². The summed E-state index contributed by atoms with van der Waals surface area (Å²) in [4.78, 5) is 6.85. The Hall–Kier alpha value is -2.77. The van der Waals surface area contributed by atoms with Crippen molar-refractivity contribution in [2.24, 2.45) is 4.99 Å². The molecule has 0 aliphatic heterocycles. The van der Waals surface area contributed by atoms with Crippen LogP contribution in [-0.2, 0) is 13.1 Å². The molecule has 0 spiro atoms. The van der Waals surface area contributed by atoms with E-state index in [1.165, 1.54) is 0 Å². The lowest BCUT2D eigenvalue weighted by Gasteiger charge is -2.23. The molecule has 0 amide bonds. The zero-order valence-electron chi connectivity index (χ0n) is 16.7. The molecule has 0 saturated heterocycles.